The summed E-state index contributed by atoms with van der Waals surface area (Å²) in [6, 6.07) is 7.05. The summed E-state index contributed by atoms with van der Waals surface area (Å²) in [6.07, 6.45) is 0. The van der Waals surface area contributed by atoms with E-state index < -0.39 is 0 Å². The second-order valence-corrected chi connectivity index (χ2v) is 4.00. The molecule has 7 nitrogen and oxygen atoms in total. The van der Waals surface area contributed by atoms with Crippen LogP contribution < -0.4 is 15.6 Å². The molecule has 1 aromatic carbocycles. The zero-order valence-electron chi connectivity index (χ0n) is 11.3. The van der Waals surface area contributed by atoms with Crippen LogP contribution in [0.25, 0.3) is 11.3 Å². The van der Waals surface area contributed by atoms with E-state index in [1.54, 1.807) is 38.5 Å². The van der Waals surface area contributed by atoms with Gasteiger partial charge in [-0.25, -0.2) is 0 Å². The van der Waals surface area contributed by atoms with Crippen molar-refractivity contribution in [2.24, 2.45) is 0 Å². The molecule has 0 amide bonds. The zero-order valence-corrected chi connectivity index (χ0v) is 11.3. The van der Waals surface area contributed by atoms with Crippen LogP contribution in [-0.2, 0) is 4.74 Å². The number of rotatable bonds is 6. The maximum Gasteiger partial charge on any atom is 0.279 e. The number of aromatic nitrogens is 3. The van der Waals surface area contributed by atoms with Crippen molar-refractivity contribution in [3.05, 3.63) is 34.6 Å². The Kier molecular flexibility index (Phi) is 4.67. The number of hydrogen-bond acceptors (Lipinski definition) is 6. The Labute approximate surface area is 116 Å². The number of nitrogens with one attached hydrogen (secondary N) is 2. The van der Waals surface area contributed by atoms with Crippen LogP contribution >= 0.6 is 0 Å². The monoisotopic (exact) mass is 276 g/mol. The summed E-state index contributed by atoms with van der Waals surface area (Å²) in [7, 11) is 3.19. The number of nitrogens with zero attached hydrogens (tertiary/aromatic N) is 2. The molecule has 20 heavy (non-hydrogen) atoms. The molecule has 0 spiro atoms. The van der Waals surface area contributed by atoms with Gasteiger partial charge in [0, 0.05) is 19.2 Å². The molecule has 0 unspecified atom stereocenters. The third-order valence-corrected chi connectivity index (χ3v) is 2.66. The first-order chi connectivity index (χ1) is 9.74. The molecule has 0 fully saturated rings. The lowest BCUT2D eigenvalue weighted by atomic mass is 10.1. The normalized spacial score (nSPS) is 10.3. The van der Waals surface area contributed by atoms with E-state index in [1.807, 2.05) is 0 Å². The van der Waals surface area contributed by atoms with Gasteiger partial charge < -0.3 is 14.8 Å². The average molecular weight is 276 g/mol. The van der Waals surface area contributed by atoms with Crippen LogP contribution in [0.15, 0.2) is 29.1 Å². The van der Waals surface area contributed by atoms with Crippen LogP contribution in [0.3, 0.4) is 0 Å². The maximum atomic E-state index is 12.0. The minimum Gasteiger partial charge on any atom is -0.497 e. The Morgan fingerprint density at radius 2 is 1.95 bits per heavy atom. The summed E-state index contributed by atoms with van der Waals surface area (Å²) in [4.78, 5) is 14.6. The third-order valence-electron chi connectivity index (χ3n) is 2.66. The second-order valence-electron chi connectivity index (χ2n) is 4.00. The Morgan fingerprint density at radius 3 is 2.55 bits per heavy atom. The molecule has 1 heterocycles. The molecule has 0 radical (unpaired) electrons. The number of H-pyrrole nitrogens is 1. The molecule has 0 aliphatic rings. The summed E-state index contributed by atoms with van der Waals surface area (Å²) < 4.78 is 9.96. The van der Waals surface area contributed by atoms with Crippen LogP contribution in [0, 0.1) is 0 Å². The van der Waals surface area contributed by atoms with Gasteiger partial charge in [-0.2, -0.15) is 0 Å². The van der Waals surface area contributed by atoms with E-state index in [0.717, 1.165) is 5.75 Å². The molecule has 0 bridgehead atoms. The highest BCUT2D eigenvalue weighted by atomic mass is 16.5. The van der Waals surface area contributed by atoms with Gasteiger partial charge in [-0.1, -0.05) is 0 Å². The Morgan fingerprint density at radius 1 is 1.20 bits per heavy atom. The standard InChI is InChI=1S/C13H16N4O3/c1-19-8-7-14-13-15-12(18)11(16-17-13)9-3-5-10(20-2)6-4-9/h3-6H,7-8H2,1-2H3,(H2,14,15,17,18). The summed E-state index contributed by atoms with van der Waals surface area (Å²) in [5, 5.41) is 10.8. The molecule has 2 rings (SSSR count). The first-order valence-electron chi connectivity index (χ1n) is 6.09. The fourth-order valence-corrected chi connectivity index (χ4v) is 1.63. The molecule has 1 aromatic heterocycles. The van der Waals surface area contributed by atoms with Crippen molar-refractivity contribution in [1.29, 1.82) is 0 Å². The number of hydrogen-bond donors (Lipinski definition) is 2. The van der Waals surface area contributed by atoms with Gasteiger partial charge in [0.05, 0.1) is 13.7 Å². The molecule has 0 aliphatic heterocycles. The van der Waals surface area contributed by atoms with E-state index in [9.17, 15) is 4.79 Å². The van der Waals surface area contributed by atoms with E-state index in [-0.39, 0.29) is 11.3 Å². The molecule has 0 saturated heterocycles. The fourth-order valence-electron chi connectivity index (χ4n) is 1.63. The van der Waals surface area contributed by atoms with Gasteiger partial charge in [-0.05, 0) is 24.3 Å². The molecular formula is C13H16N4O3. The van der Waals surface area contributed by atoms with E-state index >= 15 is 0 Å². The SMILES string of the molecule is COCCNc1nnc(-c2ccc(OC)cc2)c(=O)[nH]1. The number of ether oxygens (including phenoxy) is 2. The molecule has 2 N–H and O–H groups in total. The van der Waals surface area contributed by atoms with Gasteiger partial charge in [0.25, 0.3) is 5.56 Å². The summed E-state index contributed by atoms with van der Waals surface area (Å²) in [5.41, 5.74) is 0.651. The highest BCUT2D eigenvalue weighted by Crippen LogP contribution is 2.17. The largest absolute Gasteiger partial charge is 0.497 e. The Hall–Kier alpha value is -2.41. The molecule has 0 atom stereocenters. The second kappa shape index (κ2) is 6.67. The van der Waals surface area contributed by atoms with Gasteiger partial charge in [0.2, 0.25) is 5.95 Å². The minimum absolute atomic E-state index is 0.268. The highest BCUT2D eigenvalue weighted by Gasteiger charge is 2.07. The first kappa shape index (κ1) is 14.0. The van der Waals surface area contributed by atoms with Gasteiger partial charge in [-0.3, -0.25) is 9.78 Å². The van der Waals surface area contributed by atoms with Crippen molar-refractivity contribution in [2.75, 3.05) is 32.7 Å². The number of methoxy groups -OCH3 is 2. The zero-order chi connectivity index (χ0) is 14.4. The van der Waals surface area contributed by atoms with Crippen LogP contribution in [0.4, 0.5) is 5.95 Å². The summed E-state index contributed by atoms with van der Waals surface area (Å²) in [6.45, 7) is 1.06. The number of aromatic amines is 1. The molecule has 106 valence electrons. The lowest BCUT2D eigenvalue weighted by molar-refractivity contribution is 0.210. The van der Waals surface area contributed by atoms with Crippen LogP contribution in [0.2, 0.25) is 0 Å². The van der Waals surface area contributed by atoms with Crippen molar-refractivity contribution in [3.63, 3.8) is 0 Å². The van der Waals surface area contributed by atoms with E-state index in [0.29, 0.717) is 24.7 Å². The van der Waals surface area contributed by atoms with E-state index in [2.05, 4.69) is 20.5 Å². The maximum absolute atomic E-state index is 12.0. The average Bonchev–Trinajstić information content (AvgIpc) is 2.48. The summed E-state index contributed by atoms with van der Waals surface area (Å²) in [5.74, 6) is 1.04. The molecule has 7 heteroatoms. The van der Waals surface area contributed by atoms with Crippen molar-refractivity contribution in [3.8, 4) is 17.0 Å². The smallest absolute Gasteiger partial charge is 0.279 e. The van der Waals surface area contributed by atoms with Crippen molar-refractivity contribution < 1.29 is 9.47 Å². The number of benzene rings is 1. The Bertz CT molecular complexity index is 610. The van der Waals surface area contributed by atoms with E-state index in [4.69, 9.17) is 9.47 Å². The van der Waals surface area contributed by atoms with Crippen LogP contribution in [0.5, 0.6) is 5.75 Å². The summed E-state index contributed by atoms with van der Waals surface area (Å²) >= 11 is 0. The number of anilines is 1. The van der Waals surface area contributed by atoms with Crippen molar-refractivity contribution in [2.45, 2.75) is 0 Å². The van der Waals surface area contributed by atoms with Crippen molar-refractivity contribution >= 4 is 5.95 Å². The lowest BCUT2D eigenvalue weighted by Gasteiger charge is -2.05. The molecular weight excluding hydrogens is 260 g/mol. The third kappa shape index (κ3) is 3.33. The van der Waals surface area contributed by atoms with Gasteiger partial charge in [-0.15, -0.1) is 10.2 Å². The lowest BCUT2D eigenvalue weighted by Crippen LogP contribution is -2.18. The Balaban J connectivity index is 2.18. The molecule has 0 aliphatic carbocycles. The topological polar surface area (TPSA) is 89.1 Å². The predicted molar refractivity (Wildman–Crippen MR) is 75.0 cm³/mol. The molecule has 2 aromatic rings. The molecule has 0 saturated carbocycles. The van der Waals surface area contributed by atoms with E-state index in [1.165, 1.54) is 0 Å². The van der Waals surface area contributed by atoms with Gasteiger partial charge >= 0.3 is 0 Å². The van der Waals surface area contributed by atoms with Gasteiger partial charge in [0.15, 0.2) is 5.69 Å². The van der Waals surface area contributed by atoms with Crippen LogP contribution in [0.1, 0.15) is 0 Å². The predicted octanol–water partition coefficient (Wildman–Crippen LogP) is 0.899. The van der Waals surface area contributed by atoms with Crippen molar-refractivity contribution in [1.82, 2.24) is 15.2 Å². The minimum atomic E-state index is -0.301. The fraction of sp³-hybridized carbons (Fsp3) is 0.308. The first-order valence-corrected chi connectivity index (χ1v) is 6.09. The van der Waals surface area contributed by atoms with Crippen LogP contribution in [-0.4, -0.2) is 42.6 Å². The highest BCUT2D eigenvalue weighted by molar-refractivity contribution is 5.58. The quantitative estimate of drug-likeness (QED) is 0.762. The van der Waals surface area contributed by atoms with Gasteiger partial charge in [0.1, 0.15) is 5.75 Å².